The van der Waals surface area contributed by atoms with Gasteiger partial charge in [0.15, 0.2) is 0 Å². The molecule has 2 atom stereocenters. The first kappa shape index (κ1) is 15.1. The van der Waals surface area contributed by atoms with E-state index >= 15 is 0 Å². The molecule has 0 aliphatic heterocycles. The van der Waals surface area contributed by atoms with E-state index in [1.165, 1.54) is 19.3 Å². The zero-order valence-electron chi connectivity index (χ0n) is 11.8. The van der Waals surface area contributed by atoms with Gasteiger partial charge >= 0.3 is 0 Å². The number of aryl methyl sites for hydroxylation is 2. The SMILES string of the molecule is CCn1nc(C)c(Cl)c1CNCC1CCCC(Cl)C1. The van der Waals surface area contributed by atoms with Crippen LogP contribution in [0.15, 0.2) is 0 Å². The summed E-state index contributed by atoms with van der Waals surface area (Å²) in [7, 11) is 0. The molecule has 3 nitrogen and oxygen atoms in total. The predicted octanol–water partition coefficient (Wildman–Crippen LogP) is 3.75. The smallest absolute Gasteiger partial charge is 0.0860 e. The molecule has 0 radical (unpaired) electrons. The molecule has 0 amide bonds. The summed E-state index contributed by atoms with van der Waals surface area (Å²) in [5.41, 5.74) is 2.01. The summed E-state index contributed by atoms with van der Waals surface area (Å²) in [5, 5.41) is 9.11. The lowest BCUT2D eigenvalue weighted by molar-refractivity contribution is 0.344. The standard InChI is InChI=1S/C14H23Cl2N3/c1-3-19-13(14(16)10(2)18-19)9-17-8-11-5-4-6-12(15)7-11/h11-12,17H,3-9H2,1-2H3. The third-order valence-electron chi connectivity index (χ3n) is 3.90. The van der Waals surface area contributed by atoms with Crippen molar-refractivity contribution in [2.45, 2.75) is 58.0 Å². The Labute approximate surface area is 125 Å². The van der Waals surface area contributed by atoms with Crippen LogP contribution in [0.2, 0.25) is 5.02 Å². The second-order valence-electron chi connectivity index (χ2n) is 5.42. The van der Waals surface area contributed by atoms with E-state index in [1.807, 2.05) is 11.6 Å². The van der Waals surface area contributed by atoms with Crippen molar-refractivity contribution in [1.82, 2.24) is 15.1 Å². The molecule has 1 aromatic heterocycles. The van der Waals surface area contributed by atoms with Crippen LogP contribution in [-0.4, -0.2) is 21.7 Å². The molecular weight excluding hydrogens is 281 g/mol. The van der Waals surface area contributed by atoms with Crippen LogP contribution < -0.4 is 5.32 Å². The third-order valence-corrected chi connectivity index (χ3v) is 4.79. The Morgan fingerprint density at radius 1 is 1.42 bits per heavy atom. The molecule has 1 heterocycles. The van der Waals surface area contributed by atoms with Crippen molar-refractivity contribution in [3.05, 3.63) is 16.4 Å². The average Bonchev–Trinajstić information content (AvgIpc) is 2.66. The number of aromatic nitrogens is 2. The molecule has 1 aliphatic rings. The Balaban J connectivity index is 1.85. The van der Waals surface area contributed by atoms with Gasteiger partial charge in [-0.15, -0.1) is 11.6 Å². The van der Waals surface area contributed by atoms with E-state index in [0.29, 0.717) is 11.3 Å². The number of hydrogen-bond acceptors (Lipinski definition) is 2. The quantitative estimate of drug-likeness (QED) is 0.840. The molecule has 1 fully saturated rings. The maximum absolute atomic E-state index is 6.29. The first-order valence-electron chi connectivity index (χ1n) is 7.18. The highest BCUT2D eigenvalue weighted by Crippen LogP contribution is 2.27. The Kier molecular flexibility index (Phi) is 5.55. The Morgan fingerprint density at radius 2 is 2.21 bits per heavy atom. The van der Waals surface area contributed by atoms with Crippen LogP contribution >= 0.6 is 23.2 Å². The molecular formula is C14H23Cl2N3. The number of hydrogen-bond donors (Lipinski definition) is 1. The molecule has 0 aromatic carbocycles. The highest BCUT2D eigenvalue weighted by Gasteiger charge is 2.20. The average molecular weight is 304 g/mol. The number of rotatable bonds is 5. The largest absolute Gasteiger partial charge is 0.311 e. The lowest BCUT2D eigenvalue weighted by Gasteiger charge is -2.25. The second kappa shape index (κ2) is 6.96. The van der Waals surface area contributed by atoms with Crippen LogP contribution in [-0.2, 0) is 13.1 Å². The fourth-order valence-electron chi connectivity index (χ4n) is 2.84. The van der Waals surface area contributed by atoms with Gasteiger partial charge in [-0.1, -0.05) is 18.0 Å². The van der Waals surface area contributed by atoms with Gasteiger partial charge in [0.1, 0.15) is 0 Å². The molecule has 2 unspecified atom stereocenters. The van der Waals surface area contributed by atoms with Gasteiger partial charge in [0, 0.05) is 18.5 Å². The second-order valence-corrected chi connectivity index (χ2v) is 6.42. The zero-order valence-corrected chi connectivity index (χ0v) is 13.3. The summed E-state index contributed by atoms with van der Waals surface area (Å²) >= 11 is 12.5. The number of nitrogens with one attached hydrogen (secondary N) is 1. The van der Waals surface area contributed by atoms with Gasteiger partial charge in [0.2, 0.25) is 0 Å². The fourth-order valence-corrected chi connectivity index (χ4v) is 3.45. The molecule has 2 rings (SSSR count). The summed E-state index contributed by atoms with van der Waals surface area (Å²) in [6.07, 6.45) is 4.85. The van der Waals surface area contributed by atoms with E-state index < -0.39 is 0 Å². The molecule has 0 saturated heterocycles. The van der Waals surface area contributed by atoms with Crippen molar-refractivity contribution in [3.8, 4) is 0 Å². The van der Waals surface area contributed by atoms with Crippen LogP contribution in [0.5, 0.6) is 0 Å². The van der Waals surface area contributed by atoms with E-state index in [0.717, 1.165) is 42.5 Å². The topological polar surface area (TPSA) is 29.9 Å². The van der Waals surface area contributed by atoms with Crippen LogP contribution in [0, 0.1) is 12.8 Å². The summed E-state index contributed by atoms with van der Waals surface area (Å²) in [6, 6.07) is 0. The molecule has 108 valence electrons. The molecule has 1 aliphatic carbocycles. The van der Waals surface area contributed by atoms with E-state index in [4.69, 9.17) is 23.2 Å². The minimum Gasteiger partial charge on any atom is -0.311 e. The van der Waals surface area contributed by atoms with Gasteiger partial charge in [-0.3, -0.25) is 4.68 Å². The number of alkyl halides is 1. The monoisotopic (exact) mass is 303 g/mol. The van der Waals surface area contributed by atoms with Crippen molar-refractivity contribution < 1.29 is 0 Å². The molecule has 1 aromatic rings. The van der Waals surface area contributed by atoms with Crippen molar-refractivity contribution >= 4 is 23.2 Å². The first-order chi connectivity index (χ1) is 9.11. The zero-order chi connectivity index (χ0) is 13.8. The maximum atomic E-state index is 6.29. The van der Waals surface area contributed by atoms with Crippen LogP contribution in [0.1, 0.15) is 44.0 Å². The van der Waals surface area contributed by atoms with Crippen molar-refractivity contribution in [3.63, 3.8) is 0 Å². The Hall–Kier alpha value is -0.250. The van der Waals surface area contributed by atoms with Gasteiger partial charge < -0.3 is 5.32 Å². The molecule has 0 bridgehead atoms. The molecule has 19 heavy (non-hydrogen) atoms. The lowest BCUT2D eigenvalue weighted by Crippen LogP contribution is -2.28. The maximum Gasteiger partial charge on any atom is 0.0860 e. The van der Waals surface area contributed by atoms with E-state index in [9.17, 15) is 0 Å². The minimum atomic E-state index is 0.368. The fraction of sp³-hybridized carbons (Fsp3) is 0.786. The normalized spacial score (nSPS) is 23.8. The van der Waals surface area contributed by atoms with Crippen molar-refractivity contribution in [2.75, 3.05) is 6.54 Å². The molecule has 0 spiro atoms. The Bertz CT molecular complexity index is 417. The van der Waals surface area contributed by atoms with Gasteiger partial charge in [-0.2, -0.15) is 5.10 Å². The van der Waals surface area contributed by atoms with E-state index in [2.05, 4.69) is 17.3 Å². The first-order valence-corrected chi connectivity index (χ1v) is 7.99. The van der Waals surface area contributed by atoms with E-state index in [-0.39, 0.29) is 0 Å². The van der Waals surface area contributed by atoms with E-state index in [1.54, 1.807) is 0 Å². The van der Waals surface area contributed by atoms with Crippen molar-refractivity contribution in [2.24, 2.45) is 5.92 Å². The van der Waals surface area contributed by atoms with Gasteiger partial charge in [-0.25, -0.2) is 0 Å². The van der Waals surface area contributed by atoms with Crippen LogP contribution in [0.4, 0.5) is 0 Å². The third kappa shape index (κ3) is 3.87. The van der Waals surface area contributed by atoms with Crippen LogP contribution in [0.25, 0.3) is 0 Å². The highest BCUT2D eigenvalue weighted by molar-refractivity contribution is 6.31. The number of halogens is 2. The van der Waals surface area contributed by atoms with Gasteiger partial charge in [-0.05, 0) is 45.6 Å². The van der Waals surface area contributed by atoms with Gasteiger partial charge in [0.05, 0.1) is 16.4 Å². The summed E-state index contributed by atoms with van der Waals surface area (Å²) < 4.78 is 1.98. The summed E-state index contributed by atoms with van der Waals surface area (Å²) in [5.74, 6) is 0.703. The number of nitrogens with zero attached hydrogens (tertiary/aromatic N) is 2. The summed E-state index contributed by atoms with van der Waals surface area (Å²) in [4.78, 5) is 0. The molecule has 5 heteroatoms. The lowest BCUT2D eigenvalue weighted by atomic mass is 9.89. The molecule has 1 saturated carbocycles. The van der Waals surface area contributed by atoms with Gasteiger partial charge in [0.25, 0.3) is 0 Å². The highest BCUT2D eigenvalue weighted by atomic mass is 35.5. The van der Waals surface area contributed by atoms with Crippen molar-refractivity contribution in [1.29, 1.82) is 0 Å². The Morgan fingerprint density at radius 3 is 2.89 bits per heavy atom. The molecule has 1 N–H and O–H groups in total. The summed E-state index contributed by atoms with van der Waals surface area (Å²) in [6.45, 7) is 6.71. The van der Waals surface area contributed by atoms with Crippen LogP contribution in [0.3, 0.4) is 0 Å². The predicted molar refractivity (Wildman–Crippen MR) is 81.0 cm³/mol. The minimum absolute atomic E-state index is 0.368.